The van der Waals surface area contributed by atoms with E-state index in [2.05, 4.69) is 14.7 Å². The number of benzene rings is 2. The molecule has 0 atom stereocenters. The van der Waals surface area contributed by atoms with E-state index in [1.54, 1.807) is 0 Å². The second kappa shape index (κ2) is 6.69. The fourth-order valence-corrected chi connectivity index (χ4v) is 4.41. The number of sulfonamides is 1. The van der Waals surface area contributed by atoms with Gasteiger partial charge in [-0.3, -0.25) is 0 Å². The summed E-state index contributed by atoms with van der Waals surface area (Å²) in [5.74, 6) is -1.55. The van der Waals surface area contributed by atoms with Crippen LogP contribution in [0, 0.1) is 5.82 Å². The second-order valence-electron chi connectivity index (χ2n) is 5.61. The van der Waals surface area contributed by atoms with E-state index in [1.807, 2.05) is 0 Å². The number of aromatic nitrogens is 2. The van der Waals surface area contributed by atoms with Gasteiger partial charge in [0.2, 0.25) is 0 Å². The molecule has 2 heterocycles. The predicted octanol–water partition coefficient (Wildman–Crippen LogP) is 3.59. The number of aromatic carboxylic acids is 1. The van der Waals surface area contributed by atoms with Gasteiger partial charge in [0.25, 0.3) is 10.0 Å². The minimum absolute atomic E-state index is 0.0125. The van der Waals surface area contributed by atoms with Crippen LogP contribution in [0.15, 0.2) is 57.3 Å². The van der Waals surface area contributed by atoms with Gasteiger partial charge >= 0.3 is 12.0 Å². The van der Waals surface area contributed by atoms with Crippen LogP contribution in [0.25, 0.3) is 21.7 Å². The third-order valence-electron chi connectivity index (χ3n) is 3.71. The molecule has 0 aliphatic heterocycles. The lowest BCUT2D eigenvalue weighted by Gasteiger charge is -2.00. The topological polar surface area (TPSA) is 122 Å². The molecule has 0 amide bonds. The number of rotatable bonds is 5. The summed E-state index contributed by atoms with van der Waals surface area (Å²) < 4.78 is 45.6. The fraction of sp³-hybridized carbons (Fsp3) is 0. The Hall–Kier alpha value is -3.31. The maximum absolute atomic E-state index is 13.0. The number of nitrogens with zero attached hydrogens (tertiary/aromatic N) is 2. The first-order chi connectivity index (χ1) is 13.3. The number of anilines is 1. The van der Waals surface area contributed by atoms with Gasteiger partial charge in [-0.05, 0) is 42.5 Å². The molecule has 8 nitrogen and oxygen atoms in total. The first-order valence-corrected chi connectivity index (χ1v) is 10.1. The third kappa shape index (κ3) is 3.44. The van der Waals surface area contributed by atoms with Crippen molar-refractivity contribution in [2.45, 2.75) is 5.03 Å². The Morgan fingerprint density at radius 2 is 1.89 bits per heavy atom. The number of hydrogen-bond acceptors (Lipinski definition) is 7. The van der Waals surface area contributed by atoms with Gasteiger partial charge in [-0.25, -0.2) is 18.9 Å². The van der Waals surface area contributed by atoms with E-state index < -0.39 is 21.8 Å². The maximum Gasteiger partial charge on any atom is 0.335 e. The van der Waals surface area contributed by atoms with Crippen molar-refractivity contribution in [3.63, 3.8) is 0 Å². The molecule has 2 aromatic heterocycles. The van der Waals surface area contributed by atoms with Crippen LogP contribution in [0.5, 0.6) is 0 Å². The van der Waals surface area contributed by atoms with Gasteiger partial charge < -0.3 is 9.52 Å². The summed E-state index contributed by atoms with van der Waals surface area (Å²) >= 11 is 1.09. The number of oxazole rings is 1. The van der Waals surface area contributed by atoms with E-state index in [0.29, 0.717) is 16.1 Å². The van der Waals surface area contributed by atoms with Gasteiger partial charge in [-0.15, -0.1) is 11.3 Å². The van der Waals surface area contributed by atoms with E-state index in [-0.39, 0.29) is 22.2 Å². The summed E-state index contributed by atoms with van der Waals surface area (Å²) in [5, 5.41) is 10.5. The molecule has 2 aromatic carbocycles. The Morgan fingerprint density at radius 1 is 1.14 bits per heavy atom. The summed E-state index contributed by atoms with van der Waals surface area (Å²) in [7, 11) is -4.08. The second-order valence-corrected chi connectivity index (χ2v) is 8.10. The zero-order valence-electron chi connectivity index (χ0n) is 13.8. The van der Waals surface area contributed by atoms with Crippen molar-refractivity contribution in [3.05, 3.63) is 59.2 Å². The molecule has 0 saturated heterocycles. The van der Waals surface area contributed by atoms with Crippen LogP contribution in [0.4, 0.5) is 10.4 Å². The van der Waals surface area contributed by atoms with Gasteiger partial charge in [0.1, 0.15) is 16.3 Å². The van der Waals surface area contributed by atoms with Gasteiger partial charge in [-0.2, -0.15) is 13.4 Å². The summed E-state index contributed by atoms with van der Waals surface area (Å²) in [6.07, 6.45) is 0. The Kier molecular flexibility index (Phi) is 4.32. The molecule has 0 bridgehead atoms. The molecule has 0 fully saturated rings. The van der Waals surface area contributed by atoms with E-state index in [4.69, 9.17) is 9.52 Å². The van der Waals surface area contributed by atoms with Crippen molar-refractivity contribution >= 4 is 44.4 Å². The standard InChI is InChI=1S/C17H10FN3O5S2/c18-11-4-1-9(2-5-11)15-20-14(8-27-15)28(24,25)21-17-19-12-6-3-10(16(22)23)7-13(12)26-17/h1-8H,(H,19,21)(H,22,23). The summed E-state index contributed by atoms with van der Waals surface area (Å²) in [4.78, 5) is 19.1. The van der Waals surface area contributed by atoms with E-state index >= 15 is 0 Å². The van der Waals surface area contributed by atoms with Crippen LogP contribution in [0.3, 0.4) is 0 Å². The average Bonchev–Trinajstić information content (AvgIpc) is 3.28. The molecule has 0 radical (unpaired) electrons. The van der Waals surface area contributed by atoms with E-state index in [9.17, 15) is 17.6 Å². The number of carbonyl (C=O) groups is 1. The van der Waals surface area contributed by atoms with Crippen molar-refractivity contribution < 1.29 is 27.1 Å². The molecule has 0 aliphatic carbocycles. The van der Waals surface area contributed by atoms with E-state index in [1.165, 1.54) is 47.8 Å². The lowest BCUT2D eigenvalue weighted by molar-refractivity contribution is 0.0697. The lowest BCUT2D eigenvalue weighted by Crippen LogP contribution is -2.13. The van der Waals surface area contributed by atoms with Crippen LogP contribution >= 0.6 is 11.3 Å². The number of carboxylic acid groups (broad SMARTS) is 1. The number of nitrogens with one attached hydrogen (secondary N) is 1. The molecule has 0 spiro atoms. The Labute approximate surface area is 161 Å². The van der Waals surface area contributed by atoms with Gasteiger partial charge in [0, 0.05) is 10.9 Å². The van der Waals surface area contributed by atoms with Gasteiger partial charge in [0.15, 0.2) is 10.6 Å². The monoisotopic (exact) mass is 419 g/mol. The Bertz CT molecular complexity index is 1300. The molecular formula is C17H10FN3O5S2. The minimum atomic E-state index is -4.08. The molecule has 0 unspecified atom stereocenters. The van der Waals surface area contributed by atoms with Crippen LogP contribution < -0.4 is 4.72 Å². The zero-order valence-corrected chi connectivity index (χ0v) is 15.4. The molecule has 0 aliphatic rings. The minimum Gasteiger partial charge on any atom is -0.478 e. The summed E-state index contributed by atoms with van der Waals surface area (Å²) in [5.41, 5.74) is 0.994. The SMILES string of the molecule is O=C(O)c1ccc2nc(NS(=O)(=O)c3csc(-c4ccc(F)cc4)n3)oc2c1. The molecule has 142 valence electrons. The normalized spacial score (nSPS) is 11.6. The number of thiazole rings is 1. The van der Waals surface area contributed by atoms with Crippen molar-refractivity contribution in [2.24, 2.45) is 0 Å². The predicted molar refractivity (Wildman–Crippen MR) is 99.3 cm³/mol. The van der Waals surface area contributed by atoms with Crippen molar-refractivity contribution in [1.29, 1.82) is 0 Å². The number of halogens is 1. The number of fused-ring (bicyclic) bond motifs is 1. The molecule has 4 rings (SSSR count). The first-order valence-electron chi connectivity index (χ1n) is 7.70. The van der Waals surface area contributed by atoms with E-state index in [0.717, 1.165) is 11.3 Å². The quantitative estimate of drug-likeness (QED) is 0.507. The van der Waals surface area contributed by atoms with Gasteiger partial charge in [0.05, 0.1) is 5.56 Å². The number of carboxylic acids is 1. The Balaban J connectivity index is 1.61. The highest BCUT2D eigenvalue weighted by molar-refractivity contribution is 7.92. The molecule has 4 aromatic rings. The molecule has 28 heavy (non-hydrogen) atoms. The average molecular weight is 419 g/mol. The summed E-state index contributed by atoms with van der Waals surface area (Å²) in [6.45, 7) is 0. The molecule has 2 N–H and O–H groups in total. The summed E-state index contributed by atoms with van der Waals surface area (Å²) in [6, 6.07) is 9.19. The zero-order chi connectivity index (χ0) is 19.9. The third-order valence-corrected chi connectivity index (χ3v) is 5.95. The van der Waals surface area contributed by atoms with Crippen molar-refractivity contribution in [3.8, 4) is 10.6 Å². The van der Waals surface area contributed by atoms with Crippen molar-refractivity contribution in [1.82, 2.24) is 9.97 Å². The maximum atomic E-state index is 13.0. The number of hydrogen-bond donors (Lipinski definition) is 2. The van der Waals surface area contributed by atoms with Crippen LogP contribution in [-0.2, 0) is 10.0 Å². The van der Waals surface area contributed by atoms with Crippen molar-refractivity contribution in [2.75, 3.05) is 4.72 Å². The Morgan fingerprint density at radius 3 is 2.61 bits per heavy atom. The van der Waals surface area contributed by atoms with Crippen LogP contribution in [0.2, 0.25) is 0 Å². The highest BCUT2D eigenvalue weighted by Gasteiger charge is 2.22. The molecular weight excluding hydrogens is 409 g/mol. The molecule has 0 saturated carbocycles. The van der Waals surface area contributed by atoms with Crippen LogP contribution in [0.1, 0.15) is 10.4 Å². The van der Waals surface area contributed by atoms with Gasteiger partial charge in [-0.1, -0.05) is 0 Å². The first kappa shape index (κ1) is 18.1. The lowest BCUT2D eigenvalue weighted by atomic mass is 10.2. The smallest absolute Gasteiger partial charge is 0.335 e. The highest BCUT2D eigenvalue weighted by atomic mass is 32.2. The molecule has 11 heteroatoms. The van der Waals surface area contributed by atoms with Crippen LogP contribution in [-0.4, -0.2) is 29.5 Å². The largest absolute Gasteiger partial charge is 0.478 e. The highest BCUT2D eigenvalue weighted by Crippen LogP contribution is 2.27. The fourth-order valence-electron chi connectivity index (χ4n) is 2.38.